The van der Waals surface area contributed by atoms with Gasteiger partial charge in [0.2, 0.25) is 0 Å². The van der Waals surface area contributed by atoms with Crippen LogP contribution in [0, 0.1) is 5.92 Å². The number of hydrogen-bond donors (Lipinski definition) is 2. The van der Waals surface area contributed by atoms with E-state index in [4.69, 9.17) is 10.8 Å². The van der Waals surface area contributed by atoms with Crippen LogP contribution in [0.25, 0.3) is 0 Å². The highest BCUT2D eigenvalue weighted by atomic mass is 35.5. The molecule has 0 amide bonds. The molecule has 1 aliphatic carbocycles. The number of nitrogens with two attached hydrogens (primary N) is 1. The maximum Gasteiger partial charge on any atom is 0.311 e. The van der Waals surface area contributed by atoms with Crippen LogP contribution in [0.1, 0.15) is 13.3 Å². The zero-order chi connectivity index (χ0) is 7.72. The molecule has 0 aromatic carbocycles. The molecule has 0 saturated carbocycles. The molecule has 2 atom stereocenters. The lowest BCUT2D eigenvalue weighted by Crippen LogP contribution is -2.30. The minimum Gasteiger partial charge on any atom is -0.481 e. The zero-order valence-corrected chi connectivity index (χ0v) is 7.10. The molecule has 1 aliphatic rings. The van der Waals surface area contributed by atoms with Gasteiger partial charge >= 0.3 is 5.97 Å². The number of aliphatic carboxylic acids is 1. The number of carbonyl (C=O) groups is 1. The average Bonchev–Trinajstić information content (AvgIpc) is 2.10. The highest BCUT2D eigenvalue weighted by Crippen LogP contribution is 2.22. The second-order valence-electron chi connectivity index (χ2n) is 2.75. The quantitative estimate of drug-likeness (QED) is 0.582. The first kappa shape index (κ1) is 10.5. The Bertz CT molecular complexity index is 191. The van der Waals surface area contributed by atoms with E-state index in [1.807, 2.05) is 6.92 Å². The summed E-state index contributed by atoms with van der Waals surface area (Å²) < 4.78 is 0. The molecular weight excluding hydrogens is 166 g/mol. The summed E-state index contributed by atoms with van der Waals surface area (Å²) in [5.41, 5.74) is 6.62. The van der Waals surface area contributed by atoms with Crippen molar-refractivity contribution in [3.8, 4) is 0 Å². The predicted molar refractivity (Wildman–Crippen MR) is 44.7 cm³/mol. The first-order valence-corrected chi connectivity index (χ1v) is 3.27. The third kappa shape index (κ3) is 2.20. The van der Waals surface area contributed by atoms with Gasteiger partial charge in [-0.3, -0.25) is 4.79 Å². The van der Waals surface area contributed by atoms with Crippen LogP contribution in [-0.4, -0.2) is 17.1 Å². The Kier molecular flexibility index (Phi) is 3.55. The van der Waals surface area contributed by atoms with Gasteiger partial charge < -0.3 is 10.8 Å². The predicted octanol–water partition coefficient (Wildman–Crippen LogP) is 0.786. The van der Waals surface area contributed by atoms with Gasteiger partial charge in [-0.1, -0.05) is 11.6 Å². The van der Waals surface area contributed by atoms with Crippen molar-refractivity contribution in [2.24, 2.45) is 11.7 Å². The normalized spacial score (nSPS) is 29.1. The topological polar surface area (TPSA) is 63.3 Å². The molecule has 0 bridgehead atoms. The van der Waals surface area contributed by atoms with Crippen molar-refractivity contribution < 1.29 is 9.90 Å². The van der Waals surface area contributed by atoms with Crippen molar-refractivity contribution in [2.75, 3.05) is 0 Å². The van der Waals surface area contributed by atoms with E-state index in [0.717, 1.165) is 12.0 Å². The zero-order valence-electron chi connectivity index (χ0n) is 6.28. The number of halogens is 1. The minimum atomic E-state index is -0.815. The molecule has 0 fully saturated rings. The van der Waals surface area contributed by atoms with Crippen molar-refractivity contribution in [2.45, 2.75) is 19.4 Å². The van der Waals surface area contributed by atoms with E-state index in [-0.39, 0.29) is 18.4 Å². The monoisotopic (exact) mass is 177 g/mol. The van der Waals surface area contributed by atoms with E-state index in [1.54, 1.807) is 6.08 Å². The maximum atomic E-state index is 10.4. The highest BCUT2D eigenvalue weighted by molar-refractivity contribution is 5.85. The van der Waals surface area contributed by atoms with Crippen LogP contribution in [0.5, 0.6) is 0 Å². The molecule has 0 saturated heterocycles. The Morgan fingerprint density at radius 3 is 2.55 bits per heavy atom. The molecule has 11 heavy (non-hydrogen) atoms. The third-order valence-electron chi connectivity index (χ3n) is 1.77. The van der Waals surface area contributed by atoms with Crippen molar-refractivity contribution in [1.29, 1.82) is 0 Å². The second-order valence-corrected chi connectivity index (χ2v) is 2.75. The lowest BCUT2D eigenvalue weighted by atomic mass is 10.1. The summed E-state index contributed by atoms with van der Waals surface area (Å²) in [6.45, 7) is 1.91. The first-order valence-electron chi connectivity index (χ1n) is 3.27. The first-order chi connectivity index (χ1) is 4.61. The summed E-state index contributed by atoms with van der Waals surface area (Å²) >= 11 is 0. The molecule has 1 rings (SSSR count). The molecule has 4 heteroatoms. The van der Waals surface area contributed by atoms with E-state index in [9.17, 15) is 4.79 Å². The second kappa shape index (κ2) is 3.74. The van der Waals surface area contributed by atoms with E-state index in [1.165, 1.54) is 0 Å². The fraction of sp³-hybridized carbons (Fsp3) is 0.571. The van der Waals surface area contributed by atoms with Gasteiger partial charge in [-0.25, -0.2) is 0 Å². The largest absolute Gasteiger partial charge is 0.481 e. The number of rotatable bonds is 1. The summed E-state index contributed by atoms with van der Waals surface area (Å²) in [5.74, 6) is -1.27. The van der Waals surface area contributed by atoms with E-state index < -0.39 is 11.9 Å². The maximum absolute atomic E-state index is 10.4. The van der Waals surface area contributed by atoms with Crippen LogP contribution in [0.3, 0.4) is 0 Å². The van der Waals surface area contributed by atoms with Crippen molar-refractivity contribution in [3.63, 3.8) is 0 Å². The highest BCUT2D eigenvalue weighted by Gasteiger charge is 2.27. The van der Waals surface area contributed by atoms with Gasteiger partial charge in [-0.15, -0.1) is 12.4 Å². The summed E-state index contributed by atoms with van der Waals surface area (Å²) in [6.07, 6.45) is 2.45. The van der Waals surface area contributed by atoms with Gasteiger partial charge in [0.05, 0.1) is 5.92 Å². The Morgan fingerprint density at radius 1 is 1.82 bits per heavy atom. The molecule has 0 aromatic heterocycles. The Hall–Kier alpha value is -0.540. The Labute approximate surface area is 71.7 Å². The van der Waals surface area contributed by atoms with Crippen LogP contribution in [0.2, 0.25) is 0 Å². The number of hydrogen-bond acceptors (Lipinski definition) is 2. The fourth-order valence-corrected chi connectivity index (χ4v) is 1.25. The van der Waals surface area contributed by atoms with Gasteiger partial charge in [0.1, 0.15) is 0 Å². The van der Waals surface area contributed by atoms with Crippen molar-refractivity contribution >= 4 is 18.4 Å². The number of carboxylic acids is 1. The van der Waals surface area contributed by atoms with Gasteiger partial charge in [-0.2, -0.15) is 0 Å². The van der Waals surface area contributed by atoms with Gasteiger partial charge in [-0.05, 0) is 13.3 Å². The van der Waals surface area contributed by atoms with Crippen LogP contribution in [0.4, 0.5) is 0 Å². The lowest BCUT2D eigenvalue weighted by Gasteiger charge is -2.07. The average molecular weight is 178 g/mol. The van der Waals surface area contributed by atoms with E-state index in [0.29, 0.717) is 0 Å². The Balaban J connectivity index is 0.000001000. The van der Waals surface area contributed by atoms with Crippen LogP contribution >= 0.6 is 12.4 Å². The van der Waals surface area contributed by atoms with Crippen LogP contribution in [0.15, 0.2) is 11.6 Å². The Morgan fingerprint density at radius 2 is 2.36 bits per heavy atom. The standard InChI is InChI=1S/C7H11NO2.ClH/c1-4-2-5(7(9)10)6(8)3-4;/h2,5-6H,3,8H2,1H3,(H,9,10);1H/t5-,6+;/m1./s1. The van der Waals surface area contributed by atoms with E-state index in [2.05, 4.69) is 0 Å². The van der Waals surface area contributed by atoms with Gasteiger partial charge in [0.25, 0.3) is 0 Å². The summed E-state index contributed by atoms with van der Waals surface area (Å²) in [7, 11) is 0. The molecule has 0 unspecified atom stereocenters. The van der Waals surface area contributed by atoms with Gasteiger partial charge in [0, 0.05) is 6.04 Å². The van der Waals surface area contributed by atoms with Crippen LogP contribution < -0.4 is 5.73 Å². The van der Waals surface area contributed by atoms with Crippen LogP contribution in [-0.2, 0) is 4.79 Å². The van der Waals surface area contributed by atoms with E-state index >= 15 is 0 Å². The minimum absolute atomic E-state index is 0. The van der Waals surface area contributed by atoms with Gasteiger partial charge in [0.15, 0.2) is 0 Å². The lowest BCUT2D eigenvalue weighted by molar-refractivity contribution is -0.140. The SMILES string of the molecule is CC1=C[C@@H](C(=O)O)[C@@H](N)C1.Cl. The summed E-state index contributed by atoms with van der Waals surface area (Å²) in [6, 6.07) is -0.211. The van der Waals surface area contributed by atoms with Crippen molar-refractivity contribution in [1.82, 2.24) is 0 Å². The molecule has 64 valence electrons. The molecule has 0 aliphatic heterocycles. The smallest absolute Gasteiger partial charge is 0.311 e. The number of carboxylic acid groups (broad SMARTS) is 1. The molecule has 3 N–H and O–H groups in total. The fourth-order valence-electron chi connectivity index (χ4n) is 1.25. The molecule has 3 nitrogen and oxygen atoms in total. The third-order valence-corrected chi connectivity index (χ3v) is 1.77. The summed E-state index contributed by atoms with van der Waals surface area (Å²) in [5, 5.41) is 8.58. The molecule has 0 radical (unpaired) electrons. The molecule has 0 heterocycles. The van der Waals surface area contributed by atoms with Crippen molar-refractivity contribution in [3.05, 3.63) is 11.6 Å². The molecule has 0 aromatic rings. The molecule has 0 spiro atoms. The summed E-state index contributed by atoms with van der Waals surface area (Å²) in [4.78, 5) is 10.4. The molecular formula is C7H12ClNO2.